The van der Waals surface area contributed by atoms with Crippen LogP contribution in [0.5, 0.6) is 0 Å². The molecule has 1 aromatic carbocycles. The van der Waals surface area contributed by atoms with E-state index in [1.54, 1.807) is 0 Å². The highest BCUT2D eigenvalue weighted by Crippen LogP contribution is 2.15. The van der Waals surface area contributed by atoms with E-state index in [1.807, 2.05) is 13.0 Å². The van der Waals surface area contributed by atoms with E-state index in [2.05, 4.69) is 48.4 Å². The Labute approximate surface area is 114 Å². The van der Waals surface area contributed by atoms with Gasteiger partial charge in [0.05, 0.1) is 12.1 Å². The van der Waals surface area contributed by atoms with Gasteiger partial charge in [0.25, 0.3) is 0 Å². The molecule has 102 valence electrons. The van der Waals surface area contributed by atoms with Crippen molar-refractivity contribution in [2.75, 3.05) is 6.61 Å². The number of pyridine rings is 1. The van der Waals surface area contributed by atoms with Crippen molar-refractivity contribution in [3.8, 4) is 0 Å². The number of aryl methyl sites for hydroxylation is 1. The van der Waals surface area contributed by atoms with Gasteiger partial charge in [-0.1, -0.05) is 26.0 Å². The first-order valence-electron chi connectivity index (χ1n) is 6.80. The van der Waals surface area contributed by atoms with Crippen LogP contribution in [0.3, 0.4) is 0 Å². The Balaban J connectivity index is 2.11. The van der Waals surface area contributed by atoms with E-state index in [-0.39, 0.29) is 12.6 Å². The molecule has 3 nitrogen and oxygen atoms in total. The average molecular weight is 258 g/mol. The zero-order chi connectivity index (χ0) is 13.8. The molecule has 2 N–H and O–H groups in total. The third-order valence-electron chi connectivity index (χ3n) is 3.46. The Bertz CT molecular complexity index is 551. The minimum Gasteiger partial charge on any atom is -0.395 e. The molecular formula is C16H22N2O. The normalized spacial score (nSPS) is 13.1. The molecule has 0 saturated heterocycles. The Morgan fingerprint density at radius 3 is 2.68 bits per heavy atom. The molecule has 0 aliphatic carbocycles. The highest BCUT2D eigenvalue weighted by Gasteiger charge is 2.10. The number of hydrogen-bond donors (Lipinski definition) is 2. The molecule has 1 heterocycles. The first kappa shape index (κ1) is 14.0. The van der Waals surface area contributed by atoms with Gasteiger partial charge in [0.1, 0.15) is 0 Å². The fourth-order valence-corrected chi connectivity index (χ4v) is 2.15. The summed E-state index contributed by atoms with van der Waals surface area (Å²) in [5.74, 6) is 0.426. The number of aromatic nitrogens is 1. The summed E-state index contributed by atoms with van der Waals surface area (Å²) in [4.78, 5) is 4.50. The molecular weight excluding hydrogens is 236 g/mol. The molecule has 1 aromatic heterocycles. The van der Waals surface area contributed by atoms with E-state index in [4.69, 9.17) is 0 Å². The lowest BCUT2D eigenvalue weighted by atomic mass is 10.0. The van der Waals surface area contributed by atoms with Crippen molar-refractivity contribution in [3.63, 3.8) is 0 Å². The number of aliphatic hydroxyl groups is 1. The molecule has 1 atom stereocenters. The Hall–Kier alpha value is -1.45. The van der Waals surface area contributed by atoms with Gasteiger partial charge in [-0.25, -0.2) is 0 Å². The number of nitrogens with zero attached hydrogens (tertiary/aromatic N) is 1. The number of aliphatic hydroxyl groups excluding tert-OH is 1. The van der Waals surface area contributed by atoms with Crippen LogP contribution in [0.4, 0.5) is 0 Å². The van der Waals surface area contributed by atoms with Crippen molar-refractivity contribution < 1.29 is 5.11 Å². The fourth-order valence-electron chi connectivity index (χ4n) is 2.15. The zero-order valence-corrected chi connectivity index (χ0v) is 11.9. The van der Waals surface area contributed by atoms with E-state index < -0.39 is 0 Å². The second kappa shape index (κ2) is 6.13. The lowest BCUT2D eigenvalue weighted by Crippen LogP contribution is -2.36. The van der Waals surface area contributed by atoms with Crippen LogP contribution in [0.15, 0.2) is 30.3 Å². The van der Waals surface area contributed by atoms with Crippen LogP contribution < -0.4 is 5.32 Å². The van der Waals surface area contributed by atoms with E-state index >= 15 is 0 Å². The molecule has 0 amide bonds. The molecule has 0 unspecified atom stereocenters. The van der Waals surface area contributed by atoms with Crippen LogP contribution in [-0.4, -0.2) is 22.7 Å². The Morgan fingerprint density at radius 2 is 2.00 bits per heavy atom. The summed E-state index contributed by atoms with van der Waals surface area (Å²) < 4.78 is 0. The predicted octanol–water partition coefficient (Wildman–Crippen LogP) is 2.65. The predicted molar refractivity (Wildman–Crippen MR) is 79.0 cm³/mol. The molecule has 3 heteroatoms. The topological polar surface area (TPSA) is 45.1 Å². The van der Waals surface area contributed by atoms with Crippen LogP contribution in [0.25, 0.3) is 10.9 Å². The van der Waals surface area contributed by atoms with Gasteiger partial charge >= 0.3 is 0 Å². The summed E-state index contributed by atoms with van der Waals surface area (Å²) in [5.41, 5.74) is 3.29. The van der Waals surface area contributed by atoms with Gasteiger partial charge in [0.2, 0.25) is 0 Å². The maximum Gasteiger partial charge on any atom is 0.0705 e. The van der Waals surface area contributed by atoms with Gasteiger partial charge in [-0.3, -0.25) is 4.98 Å². The Kier molecular flexibility index (Phi) is 4.51. The summed E-state index contributed by atoms with van der Waals surface area (Å²) in [6.07, 6.45) is 0. The quantitative estimate of drug-likeness (QED) is 0.866. The van der Waals surface area contributed by atoms with Crippen molar-refractivity contribution >= 4 is 10.9 Å². The summed E-state index contributed by atoms with van der Waals surface area (Å²) in [7, 11) is 0. The molecule has 0 fully saturated rings. The molecule has 2 rings (SSSR count). The molecule has 0 radical (unpaired) electrons. The van der Waals surface area contributed by atoms with Gasteiger partial charge in [0, 0.05) is 23.7 Å². The summed E-state index contributed by atoms with van der Waals surface area (Å²) >= 11 is 0. The third-order valence-corrected chi connectivity index (χ3v) is 3.46. The van der Waals surface area contributed by atoms with Gasteiger partial charge < -0.3 is 10.4 Å². The summed E-state index contributed by atoms with van der Waals surface area (Å²) in [6, 6.07) is 10.6. The number of benzene rings is 1. The number of rotatable bonds is 5. The summed E-state index contributed by atoms with van der Waals surface area (Å²) in [5, 5.41) is 13.9. The van der Waals surface area contributed by atoms with E-state index in [1.165, 1.54) is 5.56 Å². The SMILES string of the molecule is Cc1ccc2cc(CN[C@H](CO)C(C)C)ccc2n1. The monoisotopic (exact) mass is 258 g/mol. The number of fused-ring (bicyclic) bond motifs is 1. The number of hydrogen-bond acceptors (Lipinski definition) is 3. The molecule has 19 heavy (non-hydrogen) atoms. The van der Waals surface area contributed by atoms with Crippen LogP contribution in [0.2, 0.25) is 0 Å². The molecule has 0 aliphatic rings. The largest absolute Gasteiger partial charge is 0.395 e. The minimum absolute atomic E-state index is 0.145. The molecule has 0 saturated carbocycles. The number of nitrogens with one attached hydrogen (secondary N) is 1. The van der Waals surface area contributed by atoms with Gasteiger partial charge in [-0.2, -0.15) is 0 Å². The first-order chi connectivity index (χ1) is 9.10. The van der Waals surface area contributed by atoms with Crippen molar-refractivity contribution in [3.05, 3.63) is 41.6 Å². The van der Waals surface area contributed by atoms with Crippen molar-refractivity contribution in [1.29, 1.82) is 0 Å². The first-order valence-corrected chi connectivity index (χ1v) is 6.80. The zero-order valence-electron chi connectivity index (χ0n) is 11.9. The van der Waals surface area contributed by atoms with Crippen molar-refractivity contribution in [2.45, 2.75) is 33.4 Å². The second-order valence-corrected chi connectivity index (χ2v) is 5.39. The highest BCUT2D eigenvalue weighted by molar-refractivity contribution is 5.79. The average Bonchev–Trinajstić information content (AvgIpc) is 2.39. The van der Waals surface area contributed by atoms with Crippen LogP contribution in [0.1, 0.15) is 25.1 Å². The standard InChI is InChI=1S/C16H22N2O/c1-11(2)16(10-19)17-9-13-5-7-15-14(8-13)6-4-12(3)18-15/h4-8,11,16-17,19H,9-10H2,1-3H3/t16-/m1/s1. The van der Waals surface area contributed by atoms with Gasteiger partial charge in [0.15, 0.2) is 0 Å². The maximum absolute atomic E-state index is 9.30. The Morgan fingerprint density at radius 1 is 1.21 bits per heavy atom. The van der Waals surface area contributed by atoms with Crippen LogP contribution in [-0.2, 0) is 6.54 Å². The third kappa shape index (κ3) is 3.52. The van der Waals surface area contributed by atoms with Crippen LogP contribution >= 0.6 is 0 Å². The lowest BCUT2D eigenvalue weighted by Gasteiger charge is -2.20. The molecule has 0 bridgehead atoms. The maximum atomic E-state index is 9.30. The van der Waals surface area contributed by atoms with Crippen LogP contribution in [0, 0.1) is 12.8 Å². The highest BCUT2D eigenvalue weighted by atomic mass is 16.3. The fraction of sp³-hybridized carbons (Fsp3) is 0.438. The molecule has 0 spiro atoms. The van der Waals surface area contributed by atoms with Crippen molar-refractivity contribution in [1.82, 2.24) is 10.3 Å². The molecule has 2 aromatic rings. The smallest absolute Gasteiger partial charge is 0.0705 e. The summed E-state index contributed by atoms with van der Waals surface area (Å²) in [6.45, 7) is 7.17. The second-order valence-electron chi connectivity index (χ2n) is 5.39. The van der Waals surface area contributed by atoms with Gasteiger partial charge in [-0.05, 0) is 36.6 Å². The molecule has 0 aliphatic heterocycles. The van der Waals surface area contributed by atoms with Crippen molar-refractivity contribution in [2.24, 2.45) is 5.92 Å². The van der Waals surface area contributed by atoms with Gasteiger partial charge in [-0.15, -0.1) is 0 Å². The minimum atomic E-state index is 0.145. The van der Waals surface area contributed by atoms with E-state index in [0.717, 1.165) is 23.1 Å². The lowest BCUT2D eigenvalue weighted by molar-refractivity contribution is 0.210. The van der Waals surface area contributed by atoms with E-state index in [0.29, 0.717) is 5.92 Å². The van der Waals surface area contributed by atoms with E-state index in [9.17, 15) is 5.11 Å².